The molecule has 2 aromatic carbocycles. The van der Waals surface area contributed by atoms with E-state index in [0.29, 0.717) is 23.3 Å². The van der Waals surface area contributed by atoms with E-state index in [1.807, 2.05) is 35.8 Å². The van der Waals surface area contributed by atoms with Crippen LogP contribution in [0, 0.1) is 0 Å². The normalized spacial score (nSPS) is 11.9. The van der Waals surface area contributed by atoms with Crippen LogP contribution in [0.1, 0.15) is 13.8 Å². The SMILES string of the molecule is CCn1c(SC(C)C(=O)Nc2ccccc2OC(F)F)nnc1-c1ccccc1OC. The van der Waals surface area contributed by atoms with Crippen LogP contribution in [0.3, 0.4) is 0 Å². The zero-order valence-electron chi connectivity index (χ0n) is 17.2. The van der Waals surface area contributed by atoms with Crippen molar-refractivity contribution in [2.24, 2.45) is 0 Å². The first-order valence-electron chi connectivity index (χ1n) is 9.52. The highest BCUT2D eigenvalue weighted by atomic mass is 32.2. The number of anilines is 1. The number of carbonyl (C=O) groups excluding carboxylic acids is 1. The van der Waals surface area contributed by atoms with Crippen molar-refractivity contribution in [3.05, 3.63) is 48.5 Å². The third-order valence-electron chi connectivity index (χ3n) is 4.39. The molecule has 0 aliphatic heterocycles. The van der Waals surface area contributed by atoms with Crippen LogP contribution < -0.4 is 14.8 Å². The van der Waals surface area contributed by atoms with Crippen LogP contribution in [-0.4, -0.2) is 39.6 Å². The number of thioether (sulfide) groups is 1. The summed E-state index contributed by atoms with van der Waals surface area (Å²) in [6.07, 6.45) is 0. The van der Waals surface area contributed by atoms with Crippen LogP contribution in [0.25, 0.3) is 11.4 Å². The number of methoxy groups -OCH3 is 1. The molecule has 1 atom stereocenters. The molecule has 7 nitrogen and oxygen atoms in total. The lowest BCUT2D eigenvalue weighted by Crippen LogP contribution is -2.23. The van der Waals surface area contributed by atoms with E-state index >= 15 is 0 Å². The highest BCUT2D eigenvalue weighted by Crippen LogP contribution is 2.32. The highest BCUT2D eigenvalue weighted by Gasteiger charge is 2.22. The molecule has 1 N–H and O–H groups in total. The molecule has 0 saturated carbocycles. The van der Waals surface area contributed by atoms with Gasteiger partial charge in [-0.3, -0.25) is 4.79 Å². The van der Waals surface area contributed by atoms with Crippen LogP contribution in [0.15, 0.2) is 53.7 Å². The van der Waals surface area contributed by atoms with Gasteiger partial charge < -0.3 is 19.4 Å². The molecule has 1 heterocycles. The summed E-state index contributed by atoms with van der Waals surface area (Å²) >= 11 is 1.22. The predicted octanol–water partition coefficient (Wildman–Crippen LogP) is 4.69. The average Bonchev–Trinajstić information content (AvgIpc) is 3.16. The van der Waals surface area contributed by atoms with Gasteiger partial charge in [0.2, 0.25) is 5.91 Å². The van der Waals surface area contributed by atoms with Crippen LogP contribution in [-0.2, 0) is 11.3 Å². The lowest BCUT2D eigenvalue weighted by Gasteiger charge is -2.15. The number of ether oxygens (including phenoxy) is 2. The second-order valence-electron chi connectivity index (χ2n) is 6.37. The number of amides is 1. The number of rotatable bonds is 9. The van der Waals surface area contributed by atoms with E-state index < -0.39 is 11.9 Å². The minimum Gasteiger partial charge on any atom is -0.496 e. The lowest BCUT2D eigenvalue weighted by molar-refractivity contribution is -0.115. The number of para-hydroxylation sites is 3. The highest BCUT2D eigenvalue weighted by molar-refractivity contribution is 8.00. The van der Waals surface area contributed by atoms with Crippen molar-refractivity contribution in [1.82, 2.24) is 14.8 Å². The molecule has 164 valence electrons. The number of carbonyl (C=O) groups is 1. The summed E-state index contributed by atoms with van der Waals surface area (Å²) in [5, 5.41) is 11.2. The Morgan fingerprint density at radius 2 is 1.81 bits per heavy atom. The summed E-state index contributed by atoms with van der Waals surface area (Å²) in [4.78, 5) is 12.7. The Bertz CT molecular complexity index is 1040. The summed E-state index contributed by atoms with van der Waals surface area (Å²) in [5.41, 5.74) is 0.966. The molecule has 0 radical (unpaired) electrons. The fraction of sp³-hybridized carbons (Fsp3) is 0.286. The first-order valence-corrected chi connectivity index (χ1v) is 10.4. The first kappa shape index (κ1) is 22.5. The smallest absolute Gasteiger partial charge is 0.387 e. The van der Waals surface area contributed by atoms with Gasteiger partial charge in [-0.1, -0.05) is 36.0 Å². The van der Waals surface area contributed by atoms with Crippen LogP contribution in [0.5, 0.6) is 11.5 Å². The predicted molar refractivity (Wildman–Crippen MR) is 115 cm³/mol. The van der Waals surface area contributed by atoms with E-state index in [1.54, 1.807) is 26.2 Å². The maximum atomic E-state index is 12.7. The summed E-state index contributed by atoms with van der Waals surface area (Å²) < 4.78 is 37.0. The molecule has 3 rings (SSSR count). The Hall–Kier alpha value is -3.14. The monoisotopic (exact) mass is 448 g/mol. The fourth-order valence-electron chi connectivity index (χ4n) is 2.90. The molecule has 0 spiro atoms. The number of alkyl halides is 2. The van der Waals surface area contributed by atoms with E-state index in [9.17, 15) is 13.6 Å². The fourth-order valence-corrected chi connectivity index (χ4v) is 3.82. The number of nitrogens with one attached hydrogen (secondary N) is 1. The number of hydrogen-bond acceptors (Lipinski definition) is 6. The Kier molecular flexibility index (Phi) is 7.45. The zero-order chi connectivity index (χ0) is 22.4. The molecule has 1 unspecified atom stereocenters. The molecule has 31 heavy (non-hydrogen) atoms. The lowest BCUT2D eigenvalue weighted by atomic mass is 10.2. The average molecular weight is 448 g/mol. The standard InChI is InChI=1S/C21H22F2N4O3S/c1-4-27-18(14-9-5-7-11-16(14)29-3)25-26-21(27)31-13(2)19(28)24-15-10-6-8-12-17(15)30-20(22)23/h5-13,20H,4H2,1-3H3,(H,24,28). The number of aromatic nitrogens is 3. The van der Waals surface area contributed by atoms with Crippen molar-refractivity contribution in [3.8, 4) is 22.9 Å². The van der Waals surface area contributed by atoms with E-state index in [-0.39, 0.29) is 17.3 Å². The largest absolute Gasteiger partial charge is 0.496 e. The molecular formula is C21H22F2N4O3S. The molecule has 0 saturated heterocycles. The summed E-state index contributed by atoms with van der Waals surface area (Å²) in [6.45, 7) is 1.26. The van der Waals surface area contributed by atoms with Crippen molar-refractivity contribution in [2.45, 2.75) is 37.4 Å². The van der Waals surface area contributed by atoms with E-state index in [0.717, 1.165) is 5.56 Å². The Morgan fingerprint density at radius 3 is 2.48 bits per heavy atom. The van der Waals surface area contributed by atoms with Gasteiger partial charge in [-0.05, 0) is 38.1 Å². The van der Waals surface area contributed by atoms with Crippen molar-refractivity contribution in [2.75, 3.05) is 12.4 Å². The van der Waals surface area contributed by atoms with Gasteiger partial charge in [0.1, 0.15) is 11.5 Å². The van der Waals surface area contributed by atoms with Crippen molar-refractivity contribution in [1.29, 1.82) is 0 Å². The summed E-state index contributed by atoms with van der Waals surface area (Å²) in [7, 11) is 1.59. The van der Waals surface area contributed by atoms with Gasteiger partial charge in [-0.15, -0.1) is 10.2 Å². The second-order valence-corrected chi connectivity index (χ2v) is 7.68. The third kappa shape index (κ3) is 5.32. The number of benzene rings is 2. The maximum Gasteiger partial charge on any atom is 0.387 e. The van der Waals surface area contributed by atoms with E-state index in [4.69, 9.17) is 4.74 Å². The molecule has 0 fully saturated rings. The van der Waals surface area contributed by atoms with Gasteiger partial charge >= 0.3 is 6.61 Å². The Balaban J connectivity index is 1.77. The third-order valence-corrected chi connectivity index (χ3v) is 5.47. The summed E-state index contributed by atoms with van der Waals surface area (Å²) in [6, 6.07) is 13.5. The molecule has 10 heteroatoms. The van der Waals surface area contributed by atoms with Gasteiger partial charge in [0.15, 0.2) is 11.0 Å². The van der Waals surface area contributed by atoms with Crippen LogP contribution in [0.2, 0.25) is 0 Å². The molecule has 0 aliphatic rings. The quantitative estimate of drug-likeness (QED) is 0.479. The first-order chi connectivity index (χ1) is 14.9. The van der Waals surface area contributed by atoms with Crippen molar-refractivity contribution in [3.63, 3.8) is 0 Å². The topological polar surface area (TPSA) is 78.3 Å². The van der Waals surface area contributed by atoms with Crippen LogP contribution >= 0.6 is 11.8 Å². The zero-order valence-corrected chi connectivity index (χ0v) is 18.0. The number of hydrogen-bond donors (Lipinski definition) is 1. The minimum absolute atomic E-state index is 0.0989. The second kappa shape index (κ2) is 10.3. The molecule has 1 aromatic heterocycles. The summed E-state index contributed by atoms with van der Waals surface area (Å²) in [5.74, 6) is 0.825. The Morgan fingerprint density at radius 1 is 1.13 bits per heavy atom. The Labute approximate surface area is 182 Å². The minimum atomic E-state index is -2.98. The van der Waals surface area contributed by atoms with Gasteiger partial charge in [0.25, 0.3) is 0 Å². The van der Waals surface area contributed by atoms with Gasteiger partial charge in [0, 0.05) is 6.54 Å². The number of nitrogens with zero attached hydrogens (tertiary/aromatic N) is 3. The maximum absolute atomic E-state index is 12.7. The molecule has 1 amide bonds. The van der Waals surface area contributed by atoms with Gasteiger partial charge in [-0.2, -0.15) is 8.78 Å². The van der Waals surface area contributed by atoms with Crippen molar-refractivity contribution < 1.29 is 23.0 Å². The van der Waals surface area contributed by atoms with Gasteiger partial charge in [0.05, 0.1) is 23.6 Å². The molecule has 0 bridgehead atoms. The molecular weight excluding hydrogens is 426 g/mol. The van der Waals surface area contributed by atoms with E-state index in [1.165, 1.54) is 23.9 Å². The molecule has 3 aromatic rings. The van der Waals surface area contributed by atoms with E-state index in [2.05, 4.69) is 20.3 Å². The molecule has 0 aliphatic carbocycles. The van der Waals surface area contributed by atoms with Gasteiger partial charge in [-0.25, -0.2) is 0 Å². The van der Waals surface area contributed by atoms with Crippen molar-refractivity contribution >= 4 is 23.4 Å². The van der Waals surface area contributed by atoms with Crippen LogP contribution in [0.4, 0.5) is 14.5 Å². The number of halogens is 2.